The molecule has 46 heavy (non-hydrogen) atoms. The maximum absolute atomic E-state index is 12.9. The summed E-state index contributed by atoms with van der Waals surface area (Å²) in [5.41, 5.74) is 7.31. The summed E-state index contributed by atoms with van der Waals surface area (Å²) >= 11 is 0. The summed E-state index contributed by atoms with van der Waals surface area (Å²) in [6, 6.07) is 4.38. The lowest BCUT2D eigenvalue weighted by molar-refractivity contribution is -0.132. The first-order valence-corrected chi connectivity index (χ1v) is 19.3. The third kappa shape index (κ3) is 4.18. The summed E-state index contributed by atoms with van der Waals surface area (Å²) in [4.78, 5) is 17.3. The van der Waals surface area contributed by atoms with Gasteiger partial charge >= 0.3 is 0 Å². The number of ketones is 1. The molecule has 0 aromatic carbocycles. The maximum atomic E-state index is 12.9. The molecule has 0 unspecified atom stereocenters. The van der Waals surface area contributed by atoms with Crippen LogP contribution in [0.2, 0.25) is 0 Å². The fraction of sp³-hybridized carbons (Fsp3) is 0.721. The largest absolute Gasteiger partial charge is 0.374 e. The molecule has 0 saturated heterocycles. The van der Waals surface area contributed by atoms with Crippen molar-refractivity contribution in [2.45, 2.75) is 136 Å². The molecule has 0 aliphatic heterocycles. The van der Waals surface area contributed by atoms with Gasteiger partial charge in [-0.15, -0.1) is 0 Å². The van der Waals surface area contributed by atoms with Crippen molar-refractivity contribution in [3.05, 3.63) is 59.5 Å². The number of allylic oxidation sites excluding steroid dienone is 4. The van der Waals surface area contributed by atoms with Crippen LogP contribution in [-0.2, 0) is 9.53 Å². The molecule has 246 valence electrons. The number of pyridine rings is 1. The minimum atomic E-state index is -0.0272. The van der Waals surface area contributed by atoms with Gasteiger partial charge in [-0.3, -0.25) is 9.78 Å². The number of carbonyl (C=O) groups excluding carboxylic acids is 1. The number of ether oxygens (including phenoxy) is 1. The molecular weight excluding hydrogens is 562 g/mol. The number of Topliss-reactive ketones (excluding diaryl/α,β-unsaturated/α-hetero) is 1. The fourth-order valence-corrected chi connectivity index (χ4v) is 14.1. The van der Waals surface area contributed by atoms with Crippen molar-refractivity contribution in [1.82, 2.24) is 4.98 Å². The van der Waals surface area contributed by atoms with Crippen LogP contribution in [0.15, 0.2) is 53.9 Å². The molecule has 8 aliphatic rings. The summed E-state index contributed by atoms with van der Waals surface area (Å²) in [6.45, 7) is 10.1. The number of carbonyl (C=O) groups is 1. The highest BCUT2D eigenvalue weighted by molar-refractivity contribution is 5.87. The second kappa shape index (κ2) is 10.5. The van der Waals surface area contributed by atoms with Gasteiger partial charge in [0.2, 0.25) is 0 Å². The topological polar surface area (TPSA) is 39.2 Å². The Kier molecular flexibility index (Phi) is 6.87. The quantitative estimate of drug-likeness (QED) is 0.316. The number of fused-ring (bicyclic) bond motifs is 10. The maximum Gasteiger partial charge on any atom is 0.139 e. The normalized spacial score (nSPS) is 49.3. The SMILES string of the molecule is C[C@]12CC[C@H](O[C@H]3CC[C@@]4(C)C(=CC[C@@H]5[C@@H]4CC[C@]4(C)C(c6cccnc6)=CC[C@@H]54)C3)CC1=CC[C@@H]1[C@@H]2CC[C@]2(C)C(=O)CC[C@@H]12. The highest BCUT2D eigenvalue weighted by Crippen LogP contribution is 2.67. The number of hydrogen-bond donors (Lipinski definition) is 0. The van der Waals surface area contributed by atoms with Crippen LogP contribution in [0.25, 0.3) is 5.57 Å². The zero-order chi connectivity index (χ0) is 31.5. The molecule has 0 amide bonds. The van der Waals surface area contributed by atoms with E-state index in [9.17, 15) is 4.79 Å². The second-order valence-electron chi connectivity index (χ2n) is 18.4. The Hall–Kier alpha value is -2.00. The molecule has 0 bridgehead atoms. The van der Waals surface area contributed by atoms with Crippen LogP contribution in [0.3, 0.4) is 0 Å². The summed E-state index contributed by atoms with van der Waals surface area (Å²) in [7, 11) is 0. The van der Waals surface area contributed by atoms with Gasteiger partial charge < -0.3 is 4.74 Å². The van der Waals surface area contributed by atoms with E-state index < -0.39 is 0 Å². The zero-order valence-electron chi connectivity index (χ0n) is 29.0. The van der Waals surface area contributed by atoms with E-state index in [1.807, 2.05) is 6.20 Å². The van der Waals surface area contributed by atoms with Gasteiger partial charge in [0.05, 0.1) is 12.2 Å². The van der Waals surface area contributed by atoms with E-state index in [-0.39, 0.29) is 5.41 Å². The molecule has 0 N–H and O–H groups in total. The van der Waals surface area contributed by atoms with Crippen molar-refractivity contribution < 1.29 is 9.53 Å². The van der Waals surface area contributed by atoms with Gasteiger partial charge in [-0.2, -0.15) is 0 Å². The standard InChI is InChI=1S/C43H57NO2/c1-40-19-15-30(24-28(40)7-9-32-35-12-11-34(27-6-5-23-44-26-27)42(35,3)21-17-37(32)40)46-31-16-20-41(2)29(25-31)8-10-33-36-13-14-39(45)43(36,4)22-18-38(33)41/h5-8,11,23,26,30-33,35-38H,9-10,12-22,24-25H2,1-4H3/t30-,31-,32-,33-,35-,36-,37-,38-,40-,41-,42+,43-/m0/s1. The van der Waals surface area contributed by atoms with Crippen LogP contribution < -0.4 is 0 Å². The average molecular weight is 620 g/mol. The molecule has 5 saturated carbocycles. The van der Waals surface area contributed by atoms with Crippen molar-refractivity contribution in [2.24, 2.45) is 57.2 Å². The second-order valence-corrected chi connectivity index (χ2v) is 18.4. The zero-order valence-corrected chi connectivity index (χ0v) is 29.0. The van der Waals surface area contributed by atoms with Crippen LogP contribution >= 0.6 is 0 Å². The monoisotopic (exact) mass is 619 g/mol. The molecule has 5 fully saturated rings. The van der Waals surface area contributed by atoms with Crippen LogP contribution in [-0.4, -0.2) is 23.0 Å². The third-order valence-corrected chi connectivity index (χ3v) is 16.8. The number of hydrogen-bond acceptors (Lipinski definition) is 3. The van der Waals surface area contributed by atoms with Gasteiger partial charge in [-0.25, -0.2) is 0 Å². The molecular formula is C43H57NO2. The highest BCUT2D eigenvalue weighted by atomic mass is 16.5. The first-order valence-electron chi connectivity index (χ1n) is 19.3. The number of rotatable bonds is 3. The van der Waals surface area contributed by atoms with E-state index in [0.717, 1.165) is 55.8 Å². The van der Waals surface area contributed by atoms with Crippen molar-refractivity contribution in [3.8, 4) is 0 Å². The molecule has 1 heterocycles. The van der Waals surface area contributed by atoms with Crippen molar-refractivity contribution in [1.29, 1.82) is 0 Å². The molecule has 3 heteroatoms. The van der Waals surface area contributed by atoms with Gasteiger partial charge in [0, 0.05) is 24.2 Å². The van der Waals surface area contributed by atoms with Gasteiger partial charge in [-0.05, 0) is 159 Å². The van der Waals surface area contributed by atoms with E-state index >= 15 is 0 Å². The predicted molar refractivity (Wildman–Crippen MR) is 185 cm³/mol. The lowest BCUT2D eigenvalue weighted by atomic mass is 9.47. The van der Waals surface area contributed by atoms with Crippen molar-refractivity contribution in [2.75, 3.05) is 0 Å². The van der Waals surface area contributed by atoms with Gasteiger partial charge in [0.15, 0.2) is 0 Å². The fourth-order valence-electron chi connectivity index (χ4n) is 14.1. The number of nitrogens with zero attached hydrogens (tertiary/aromatic N) is 1. The van der Waals surface area contributed by atoms with Crippen LogP contribution in [0.1, 0.15) is 130 Å². The summed E-state index contributed by atoms with van der Waals surface area (Å²) in [5.74, 6) is 5.04. The summed E-state index contributed by atoms with van der Waals surface area (Å²) < 4.78 is 7.10. The van der Waals surface area contributed by atoms with E-state index in [2.05, 4.69) is 69.2 Å². The van der Waals surface area contributed by atoms with Gasteiger partial charge in [0.1, 0.15) is 5.78 Å². The molecule has 9 rings (SSSR count). The average Bonchev–Trinajstić information content (AvgIpc) is 3.57. The Morgan fingerprint density at radius 2 is 1.26 bits per heavy atom. The van der Waals surface area contributed by atoms with Crippen molar-refractivity contribution >= 4 is 11.4 Å². The summed E-state index contributed by atoms with van der Waals surface area (Å²) in [6.07, 6.45) is 30.7. The van der Waals surface area contributed by atoms with Crippen molar-refractivity contribution in [3.63, 3.8) is 0 Å². The summed E-state index contributed by atoms with van der Waals surface area (Å²) in [5, 5.41) is 0. The Labute approximate surface area is 278 Å². The van der Waals surface area contributed by atoms with Crippen LogP contribution in [0.4, 0.5) is 0 Å². The van der Waals surface area contributed by atoms with E-state index in [1.54, 1.807) is 16.7 Å². The van der Waals surface area contributed by atoms with E-state index in [4.69, 9.17) is 4.74 Å². The Balaban J connectivity index is 0.869. The van der Waals surface area contributed by atoms with Gasteiger partial charge in [-0.1, -0.05) is 63.1 Å². The van der Waals surface area contributed by atoms with Crippen LogP contribution in [0, 0.1) is 57.2 Å². The molecule has 1 aromatic heterocycles. The minimum absolute atomic E-state index is 0.0272. The third-order valence-electron chi connectivity index (χ3n) is 16.8. The molecule has 1 aromatic rings. The minimum Gasteiger partial charge on any atom is -0.374 e. The highest BCUT2D eigenvalue weighted by Gasteiger charge is 2.60. The molecule has 12 atom stereocenters. The molecule has 0 radical (unpaired) electrons. The smallest absolute Gasteiger partial charge is 0.139 e. The van der Waals surface area contributed by atoms with E-state index in [1.165, 1.54) is 69.8 Å². The first-order chi connectivity index (χ1) is 22.1. The number of aromatic nitrogens is 1. The first kappa shape index (κ1) is 30.1. The Morgan fingerprint density at radius 3 is 1.89 bits per heavy atom. The van der Waals surface area contributed by atoms with Gasteiger partial charge in [0.25, 0.3) is 0 Å². The van der Waals surface area contributed by atoms with E-state index in [0.29, 0.717) is 46.1 Å². The molecule has 8 aliphatic carbocycles. The van der Waals surface area contributed by atoms with Crippen LogP contribution in [0.5, 0.6) is 0 Å². The lowest BCUT2D eigenvalue weighted by Crippen LogP contribution is -2.51. The Morgan fingerprint density at radius 1 is 0.674 bits per heavy atom. The molecule has 0 spiro atoms. The molecule has 3 nitrogen and oxygen atoms in total. The lowest BCUT2D eigenvalue weighted by Gasteiger charge is -2.58. The Bertz CT molecular complexity index is 1510. The predicted octanol–water partition coefficient (Wildman–Crippen LogP) is 10.3.